The summed E-state index contributed by atoms with van der Waals surface area (Å²) in [5, 5.41) is 0. The second-order valence-electron chi connectivity index (χ2n) is 4.76. The largest absolute Gasteiger partial charge is 0.464 e. The van der Waals surface area contributed by atoms with Crippen molar-refractivity contribution in [1.82, 2.24) is 4.90 Å². The molecule has 0 aliphatic carbocycles. The lowest BCUT2D eigenvalue weighted by Crippen LogP contribution is -2.40. The van der Waals surface area contributed by atoms with Gasteiger partial charge in [0.25, 0.3) is 0 Å². The van der Waals surface area contributed by atoms with Gasteiger partial charge in [0.05, 0.1) is 13.2 Å². The fourth-order valence-corrected chi connectivity index (χ4v) is 2.11. The molecule has 0 bridgehead atoms. The van der Waals surface area contributed by atoms with E-state index in [2.05, 4.69) is 18.7 Å². The van der Waals surface area contributed by atoms with Crippen LogP contribution in [0.3, 0.4) is 0 Å². The fourth-order valence-electron chi connectivity index (χ4n) is 2.11. The third kappa shape index (κ3) is 4.10. The van der Waals surface area contributed by atoms with Gasteiger partial charge in [0.2, 0.25) is 0 Å². The van der Waals surface area contributed by atoms with E-state index in [0.29, 0.717) is 13.2 Å². The van der Waals surface area contributed by atoms with E-state index >= 15 is 0 Å². The number of ether oxygens (including phenoxy) is 2. The minimum atomic E-state index is -0.275. The Bertz CT molecular complexity index is 228. The molecule has 0 saturated carbocycles. The Labute approximate surface area is 97.9 Å². The van der Waals surface area contributed by atoms with E-state index in [-0.39, 0.29) is 18.1 Å². The lowest BCUT2D eigenvalue weighted by Gasteiger charge is -2.31. The Morgan fingerprint density at radius 3 is 2.75 bits per heavy atom. The van der Waals surface area contributed by atoms with E-state index in [1.54, 1.807) is 6.92 Å². The molecule has 0 atom stereocenters. The molecule has 0 aromatic carbocycles. The minimum absolute atomic E-state index is 0.0715. The van der Waals surface area contributed by atoms with Gasteiger partial charge < -0.3 is 9.47 Å². The van der Waals surface area contributed by atoms with Crippen molar-refractivity contribution in [2.45, 2.75) is 39.2 Å². The number of nitrogens with zero attached hydrogens (tertiary/aromatic N) is 1. The first-order chi connectivity index (χ1) is 7.56. The fraction of sp³-hybridized carbons (Fsp3) is 0.917. The zero-order valence-corrected chi connectivity index (χ0v) is 10.6. The predicted octanol–water partition coefficient (Wildman–Crippen LogP) is 1.44. The van der Waals surface area contributed by atoms with Gasteiger partial charge in [0.15, 0.2) is 0 Å². The molecule has 1 heterocycles. The van der Waals surface area contributed by atoms with Crippen molar-refractivity contribution in [3.05, 3.63) is 0 Å². The normalized spacial score (nSPS) is 19.9. The lowest BCUT2D eigenvalue weighted by molar-refractivity contribution is -0.148. The highest BCUT2D eigenvalue weighted by Gasteiger charge is 2.31. The summed E-state index contributed by atoms with van der Waals surface area (Å²) in [7, 11) is 0. The quantitative estimate of drug-likeness (QED) is 0.510. The second kappa shape index (κ2) is 6.21. The van der Waals surface area contributed by atoms with E-state index in [0.717, 1.165) is 13.1 Å². The van der Waals surface area contributed by atoms with Crippen LogP contribution in [0.2, 0.25) is 0 Å². The minimum Gasteiger partial charge on any atom is -0.464 e. The van der Waals surface area contributed by atoms with Crippen molar-refractivity contribution in [3.8, 4) is 0 Å². The van der Waals surface area contributed by atoms with Crippen molar-refractivity contribution in [3.63, 3.8) is 0 Å². The van der Waals surface area contributed by atoms with Crippen molar-refractivity contribution < 1.29 is 14.3 Å². The third-order valence-corrected chi connectivity index (χ3v) is 3.10. The summed E-state index contributed by atoms with van der Waals surface area (Å²) in [6.07, 6.45) is 2.50. The molecule has 0 unspecified atom stereocenters. The first-order valence-corrected chi connectivity index (χ1v) is 6.04. The number of likely N-dealkylation sites (tertiary alicyclic amines) is 1. The highest BCUT2D eigenvalue weighted by atomic mass is 16.6. The summed E-state index contributed by atoms with van der Waals surface area (Å²) in [5.74, 6) is -0.275. The molecule has 0 N–H and O–H groups in total. The highest BCUT2D eigenvalue weighted by molar-refractivity contribution is 5.70. The summed E-state index contributed by atoms with van der Waals surface area (Å²) >= 11 is 0. The smallest absolute Gasteiger partial charge is 0.332 e. The molecule has 0 aromatic heterocycles. The number of carbonyl (C=O) groups is 1. The van der Waals surface area contributed by atoms with Crippen LogP contribution < -0.4 is 0 Å². The number of rotatable bonds is 6. The molecule has 1 saturated heterocycles. The Balaban J connectivity index is 2.09. The summed E-state index contributed by atoms with van der Waals surface area (Å²) in [6, 6.07) is 0. The molecule has 0 spiro atoms. The standard InChI is InChI=1S/C12H23NO3/c1-4-16-11(14)10-15-9-8-13-7-5-6-12(13,2)3/h4-10H2,1-3H3. The van der Waals surface area contributed by atoms with Gasteiger partial charge in [-0.05, 0) is 40.2 Å². The van der Waals surface area contributed by atoms with Gasteiger partial charge in [-0.1, -0.05) is 0 Å². The first-order valence-electron chi connectivity index (χ1n) is 6.04. The molecular weight excluding hydrogens is 206 g/mol. The Kier molecular flexibility index (Phi) is 5.22. The SMILES string of the molecule is CCOC(=O)COCCN1CCCC1(C)C. The van der Waals surface area contributed by atoms with E-state index in [9.17, 15) is 4.79 Å². The van der Waals surface area contributed by atoms with Gasteiger partial charge in [-0.3, -0.25) is 4.90 Å². The molecule has 4 heteroatoms. The molecule has 4 nitrogen and oxygen atoms in total. The van der Waals surface area contributed by atoms with Crippen LogP contribution in [0, 0.1) is 0 Å². The summed E-state index contributed by atoms with van der Waals surface area (Å²) in [4.78, 5) is 13.4. The van der Waals surface area contributed by atoms with Gasteiger partial charge in [0.1, 0.15) is 6.61 Å². The number of carbonyl (C=O) groups excluding carboxylic acids is 1. The summed E-state index contributed by atoms with van der Waals surface area (Å²) < 4.78 is 10.1. The van der Waals surface area contributed by atoms with Crippen LogP contribution in [0.5, 0.6) is 0 Å². The van der Waals surface area contributed by atoms with E-state index in [1.165, 1.54) is 12.8 Å². The lowest BCUT2D eigenvalue weighted by atomic mass is 10.0. The number of esters is 1. The van der Waals surface area contributed by atoms with Crippen molar-refractivity contribution in [2.75, 3.05) is 32.9 Å². The van der Waals surface area contributed by atoms with Crippen LogP contribution in [-0.2, 0) is 14.3 Å². The molecular formula is C12H23NO3. The molecule has 1 rings (SSSR count). The predicted molar refractivity (Wildman–Crippen MR) is 62.3 cm³/mol. The van der Waals surface area contributed by atoms with Crippen LogP contribution in [0.4, 0.5) is 0 Å². The molecule has 0 radical (unpaired) electrons. The molecule has 1 aliphatic rings. The molecule has 0 amide bonds. The maximum Gasteiger partial charge on any atom is 0.332 e. The van der Waals surface area contributed by atoms with Crippen LogP contribution in [0.25, 0.3) is 0 Å². The number of hydrogen-bond donors (Lipinski definition) is 0. The molecule has 16 heavy (non-hydrogen) atoms. The maximum absolute atomic E-state index is 11.0. The first kappa shape index (κ1) is 13.5. The monoisotopic (exact) mass is 229 g/mol. The van der Waals surface area contributed by atoms with E-state index < -0.39 is 0 Å². The van der Waals surface area contributed by atoms with Gasteiger partial charge >= 0.3 is 5.97 Å². The zero-order chi connectivity index (χ0) is 12.0. The Morgan fingerprint density at radius 1 is 1.44 bits per heavy atom. The van der Waals surface area contributed by atoms with Gasteiger partial charge in [-0.15, -0.1) is 0 Å². The van der Waals surface area contributed by atoms with Gasteiger partial charge in [-0.25, -0.2) is 4.79 Å². The third-order valence-electron chi connectivity index (χ3n) is 3.10. The Morgan fingerprint density at radius 2 is 2.19 bits per heavy atom. The molecule has 94 valence electrons. The summed E-state index contributed by atoms with van der Waals surface area (Å²) in [5.41, 5.74) is 0.285. The van der Waals surface area contributed by atoms with Crippen LogP contribution in [0.15, 0.2) is 0 Å². The topological polar surface area (TPSA) is 38.8 Å². The molecule has 0 aromatic rings. The Hall–Kier alpha value is -0.610. The zero-order valence-electron chi connectivity index (χ0n) is 10.6. The second-order valence-corrected chi connectivity index (χ2v) is 4.76. The molecule has 1 fully saturated rings. The average molecular weight is 229 g/mol. The van der Waals surface area contributed by atoms with Gasteiger partial charge in [-0.2, -0.15) is 0 Å². The van der Waals surface area contributed by atoms with E-state index in [1.807, 2.05) is 0 Å². The van der Waals surface area contributed by atoms with Crippen molar-refractivity contribution in [2.24, 2.45) is 0 Å². The highest BCUT2D eigenvalue weighted by Crippen LogP contribution is 2.27. The maximum atomic E-state index is 11.0. The van der Waals surface area contributed by atoms with Crippen LogP contribution in [0.1, 0.15) is 33.6 Å². The number of hydrogen-bond acceptors (Lipinski definition) is 4. The van der Waals surface area contributed by atoms with Crippen LogP contribution in [-0.4, -0.2) is 49.3 Å². The van der Waals surface area contributed by atoms with Crippen LogP contribution >= 0.6 is 0 Å². The van der Waals surface area contributed by atoms with E-state index in [4.69, 9.17) is 9.47 Å². The summed E-state index contributed by atoms with van der Waals surface area (Å²) in [6.45, 7) is 9.43. The molecule has 1 aliphatic heterocycles. The van der Waals surface area contributed by atoms with Gasteiger partial charge in [0, 0.05) is 12.1 Å². The van der Waals surface area contributed by atoms with Crippen molar-refractivity contribution in [1.29, 1.82) is 0 Å². The average Bonchev–Trinajstić information content (AvgIpc) is 2.53. The van der Waals surface area contributed by atoms with Crippen molar-refractivity contribution >= 4 is 5.97 Å².